The highest BCUT2D eigenvalue weighted by molar-refractivity contribution is 5.31. The van der Waals surface area contributed by atoms with Gasteiger partial charge in [-0.2, -0.15) is 0 Å². The van der Waals surface area contributed by atoms with Crippen LogP contribution in [-0.4, -0.2) is 16.0 Å². The maximum absolute atomic E-state index is 4.62. The smallest absolute Gasteiger partial charge is 0.109 e. The molecule has 2 aliphatic rings. The Morgan fingerprint density at radius 3 is 2.85 bits per heavy atom. The van der Waals surface area contributed by atoms with E-state index in [-0.39, 0.29) is 0 Å². The molecule has 104 valence electrons. The molecule has 2 aliphatic carbocycles. The number of H-pyrrole nitrogens is 1. The fraction of sp³-hybridized carbons (Fsp3) is 0.471. The SMILES string of the molecule is c1ccc2c(c1)CCC(c1ncc(CNC3CC3)[nH]1)C2. The number of fused-ring (bicyclic) bond motifs is 1. The number of aromatic amines is 1. The molecule has 1 atom stereocenters. The highest BCUT2D eigenvalue weighted by atomic mass is 15.0. The Balaban J connectivity index is 1.45. The molecular weight excluding hydrogens is 246 g/mol. The Morgan fingerprint density at radius 2 is 2.00 bits per heavy atom. The lowest BCUT2D eigenvalue weighted by Gasteiger charge is -2.22. The van der Waals surface area contributed by atoms with Crippen molar-refractivity contribution < 1.29 is 0 Å². The third-order valence-corrected chi connectivity index (χ3v) is 4.54. The van der Waals surface area contributed by atoms with Crippen LogP contribution in [-0.2, 0) is 19.4 Å². The molecule has 2 aromatic rings. The molecule has 0 amide bonds. The topological polar surface area (TPSA) is 40.7 Å². The summed E-state index contributed by atoms with van der Waals surface area (Å²) < 4.78 is 0. The molecule has 0 saturated heterocycles. The molecule has 0 bridgehead atoms. The van der Waals surface area contributed by atoms with E-state index < -0.39 is 0 Å². The largest absolute Gasteiger partial charge is 0.345 e. The standard InChI is InChI=1S/C17H21N3/c1-2-4-13-9-14(6-5-12(13)3-1)17-19-11-16(20-17)10-18-15-7-8-15/h1-4,11,14-15,18H,5-10H2,(H,19,20). The zero-order valence-electron chi connectivity index (χ0n) is 11.7. The molecular formula is C17H21N3. The summed E-state index contributed by atoms with van der Waals surface area (Å²) >= 11 is 0. The van der Waals surface area contributed by atoms with Crippen molar-refractivity contribution in [3.05, 3.63) is 53.1 Å². The van der Waals surface area contributed by atoms with Gasteiger partial charge in [-0.05, 0) is 43.2 Å². The number of aryl methyl sites for hydroxylation is 1. The first-order valence-corrected chi connectivity index (χ1v) is 7.72. The van der Waals surface area contributed by atoms with Gasteiger partial charge in [-0.3, -0.25) is 0 Å². The van der Waals surface area contributed by atoms with Crippen LogP contribution in [0.3, 0.4) is 0 Å². The first kappa shape index (κ1) is 12.2. The summed E-state index contributed by atoms with van der Waals surface area (Å²) in [6.45, 7) is 0.932. The van der Waals surface area contributed by atoms with Gasteiger partial charge >= 0.3 is 0 Å². The van der Waals surface area contributed by atoms with Crippen molar-refractivity contribution in [3.63, 3.8) is 0 Å². The van der Waals surface area contributed by atoms with Gasteiger partial charge in [0.1, 0.15) is 5.82 Å². The minimum Gasteiger partial charge on any atom is -0.345 e. The van der Waals surface area contributed by atoms with E-state index in [0.717, 1.165) is 19.0 Å². The molecule has 1 saturated carbocycles. The first-order valence-electron chi connectivity index (χ1n) is 7.72. The molecule has 1 aromatic carbocycles. The van der Waals surface area contributed by atoms with E-state index >= 15 is 0 Å². The number of rotatable bonds is 4. The second-order valence-corrected chi connectivity index (χ2v) is 6.16. The van der Waals surface area contributed by atoms with E-state index in [0.29, 0.717) is 5.92 Å². The van der Waals surface area contributed by atoms with Gasteiger partial charge in [0, 0.05) is 30.4 Å². The van der Waals surface area contributed by atoms with E-state index in [1.165, 1.54) is 48.3 Å². The third kappa shape index (κ3) is 2.50. The van der Waals surface area contributed by atoms with Crippen LogP contribution in [0.2, 0.25) is 0 Å². The number of benzene rings is 1. The summed E-state index contributed by atoms with van der Waals surface area (Å²) in [5.74, 6) is 1.73. The second-order valence-electron chi connectivity index (χ2n) is 6.16. The molecule has 2 N–H and O–H groups in total. The van der Waals surface area contributed by atoms with Crippen molar-refractivity contribution >= 4 is 0 Å². The Labute approximate surface area is 119 Å². The summed E-state index contributed by atoms with van der Waals surface area (Å²) in [7, 11) is 0. The Kier molecular flexibility index (Phi) is 3.07. The molecule has 1 fully saturated rings. The lowest BCUT2D eigenvalue weighted by Crippen LogP contribution is -2.16. The van der Waals surface area contributed by atoms with Crippen LogP contribution < -0.4 is 5.32 Å². The summed E-state index contributed by atoms with van der Waals surface area (Å²) in [5.41, 5.74) is 4.24. The Hall–Kier alpha value is -1.61. The van der Waals surface area contributed by atoms with Crippen LogP contribution in [0, 0.1) is 0 Å². The monoisotopic (exact) mass is 267 g/mol. The van der Waals surface area contributed by atoms with Crippen LogP contribution in [0.25, 0.3) is 0 Å². The highest BCUT2D eigenvalue weighted by Crippen LogP contribution is 2.31. The predicted molar refractivity (Wildman–Crippen MR) is 79.7 cm³/mol. The van der Waals surface area contributed by atoms with Crippen LogP contribution in [0.5, 0.6) is 0 Å². The maximum Gasteiger partial charge on any atom is 0.109 e. The summed E-state index contributed by atoms with van der Waals surface area (Å²) in [5, 5.41) is 3.53. The number of hydrogen-bond acceptors (Lipinski definition) is 2. The second kappa shape index (κ2) is 5.06. The zero-order chi connectivity index (χ0) is 13.4. The molecule has 1 unspecified atom stereocenters. The molecule has 0 spiro atoms. The van der Waals surface area contributed by atoms with Crippen LogP contribution in [0.4, 0.5) is 0 Å². The molecule has 1 aromatic heterocycles. The van der Waals surface area contributed by atoms with Crippen molar-refractivity contribution in [1.29, 1.82) is 0 Å². The van der Waals surface area contributed by atoms with Gasteiger partial charge in [0.25, 0.3) is 0 Å². The zero-order valence-corrected chi connectivity index (χ0v) is 11.7. The third-order valence-electron chi connectivity index (χ3n) is 4.54. The molecule has 1 heterocycles. The fourth-order valence-corrected chi connectivity index (χ4v) is 3.15. The number of imidazole rings is 1. The average molecular weight is 267 g/mol. The van der Waals surface area contributed by atoms with Crippen molar-refractivity contribution in [2.24, 2.45) is 0 Å². The van der Waals surface area contributed by atoms with Gasteiger partial charge in [0.15, 0.2) is 0 Å². The molecule has 3 heteroatoms. The van der Waals surface area contributed by atoms with Gasteiger partial charge in [-0.15, -0.1) is 0 Å². The maximum atomic E-state index is 4.62. The molecule has 4 rings (SSSR count). The van der Waals surface area contributed by atoms with Crippen molar-refractivity contribution in [2.45, 2.75) is 50.6 Å². The fourth-order valence-electron chi connectivity index (χ4n) is 3.15. The average Bonchev–Trinajstić information content (AvgIpc) is 3.21. The van der Waals surface area contributed by atoms with E-state index in [1.54, 1.807) is 0 Å². The Bertz CT molecular complexity index is 598. The van der Waals surface area contributed by atoms with Gasteiger partial charge in [-0.25, -0.2) is 4.98 Å². The van der Waals surface area contributed by atoms with Crippen LogP contribution in [0.15, 0.2) is 30.5 Å². The van der Waals surface area contributed by atoms with Gasteiger partial charge in [0.2, 0.25) is 0 Å². The molecule has 0 aliphatic heterocycles. The molecule has 20 heavy (non-hydrogen) atoms. The quantitative estimate of drug-likeness (QED) is 0.894. The highest BCUT2D eigenvalue weighted by Gasteiger charge is 2.23. The first-order chi connectivity index (χ1) is 9.88. The van der Waals surface area contributed by atoms with E-state index in [1.807, 2.05) is 6.20 Å². The minimum absolute atomic E-state index is 0.555. The number of nitrogens with one attached hydrogen (secondary N) is 2. The summed E-state index contributed by atoms with van der Waals surface area (Å²) in [6, 6.07) is 9.57. The minimum atomic E-state index is 0.555. The number of aromatic nitrogens is 2. The van der Waals surface area contributed by atoms with Gasteiger partial charge < -0.3 is 10.3 Å². The van der Waals surface area contributed by atoms with Crippen molar-refractivity contribution in [2.75, 3.05) is 0 Å². The predicted octanol–water partition coefficient (Wildman–Crippen LogP) is 2.93. The number of nitrogens with zero attached hydrogens (tertiary/aromatic N) is 1. The van der Waals surface area contributed by atoms with E-state index in [9.17, 15) is 0 Å². The number of hydrogen-bond donors (Lipinski definition) is 2. The van der Waals surface area contributed by atoms with Gasteiger partial charge in [-0.1, -0.05) is 24.3 Å². The van der Waals surface area contributed by atoms with Crippen molar-refractivity contribution in [3.8, 4) is 0 Å². The lowest BCUT2D eigenvalue weighted by molar-refractivity contribution is 0.558. The normalized spacial score (nSPS) is 21.7. The van der Waals surface area contributed by atoms with Crippen molar-refractivity contribution in [1.82, 2.24) is 15.3 Å². The van der Waals surface area contributed by atoms with E-state index in [2.05, 4.69) is 39.6 Å². The molecule has 3 nitrogen and oxygen atoms in total. The van der Waals surface area contributed by atoms with Crippen LogP contribution in [0.1, 0.15) is 47.8 Å². The Morgan fingerprint density at radius 1 is 1.15 bits per heavy atom. The van der Waals surface area contributed by atoms with E-state index in [4.69, 9.17) is 0 Å². The molecule has 0 radical (unpaired) electrons. The lowest BCUT2D eigenvalue weighted by atomic mass is 9.83. The summed E-state index contributed by atoms with van der Waals surface area (Å²) in [4.78, 5) is 8.14. The van der Waals surface area contributed by atoms with Gasteiger partial charge in [0.05, 0.1) is 0 Å². The van der Waals surface area contributed by atoms with Crippen LogP contribution >= 0.6 is 0 Å². The summed E-state index contributed by atoms with van der Waals surface area (Å²) in [6.07, 6.45) is 8.18.